The summed E-state index contributed by atoms with van der Waals surface area (Å²) in [7, 11) is 0. The molecule has 2 aromatic rings. The minimum Gasteiger partial charge on any atom is -0.389 e. The van der Waals surface area contributed by atoms with Gasteiger partial charge in [0.15, 0.2) is 0 Å². The number of hydrogen-bond donors (Lipinski definition) is 2. The second-order valence-electron chi connectivity index (χ2n) is 8.31. The fraction of sp³-hybridized carbons (Fsp3) is 0.571. The summed E-state index contributed by atoms with van der Waals surface area (Å²) in [5.74, 6) is 0. The first-order valence-electron chi connectivity index (χ1n) is 10.3. The molecule has 8 heteroatoms. The van der Waals surface area contributed by atoms with Crippen molar-refractivity contribution in [3.63, 3.8) is 0 Å². The van der Waals surface area contributed by atoms with E-state index in [-0.39, 0.29) is 18.1 Å². The average molecular weight is 401 g/mol. The van der Waals surface area contributed by atoms with Gasteiger partial charge in [-0.1, -0.05) is 13.8 Å². The number of carbonyl (C=O) groups excluding carboxylic acids is 1. The van der Waals surface area contributed by atoms with Gasteiger partial charge in [-0.15, -0.1) is 0 Å². The van der Waals surface area contributed by atoms with Gasteiger partial charge in [-0.2, -0.15) is 15.0 Å². The van der Waals surface area contributed by atoms with Crippen LogP contribution in [-0.4, -0.2) is 73.3 Å². The molecule has 0 spiro atoms. The highest BCUT2D eigenvalue weighted by atomic mass is 16.3. The Morgan fingerprint density at radius 2 is 1.72 bits per heavy atom. The molecule has 0 saturated carbocycles. The van der Waals surface area contributed by atoms with E-state index in [2.05, 4.69) is 34.3 Å². The molecule has 29 heavy (non-hydrogen) atoms. The van der Waals surface area contributed by atoms with Crippen LogP contribution in [0.1, 0.15) is 40.5 Å². The summed E-state index contributed by atoms with van der Waals surface area (Å²) in [4.78, 5) is 18.8. The molecule has 1 saturated heterocycles. The Hall–Kier alpha value is -2.45. The summed E-state index contributed by atoms with van der Waals surface area (Å²) < 4.78 is 0. The van der Waals surface area contributed by atoms with E-state index in [1.807, 2.05) is 43.0 Å². The number of benzene rings is 1. The van der Waals surface area contributed by atoms with Crippen molar-refractivity contribution in [3.8, 4) is 5.69 Å². The van der Waals surface area contributed by atoms with E-state index >= 15 is 0 Å². The van der Waals surface area contributed by atoms with Crippen LogP contribution in [0.15, 0.2) is 36.7 Å². The molecule has 1 aliphatic heterocycles. The molecule has 2 amide bonds. The van der Waals surface area contributed by atoms with Crippen LogP contribution in [0.2, 0.25) is 0 Å². The van der Waals surface area contributed by atoms with Crippen LogP contribution in [0.5, 0.6) is 0 Å². The monoisotopic (exact) mass is 400 g/mol. The standard InChI is InChI=1S/C21H32N6O2/c1-5-17-14-26(18(6-2)13-25(17)15-21(3,4)29)20(28)24-16-7-9-19(10-8-16)27-22-11-12-23-27/h7-12,17-18,29H,5-6,13-15H2,1-4H3,(H,24,28)/t17-,18-/m0/s1. The number of nitrogens with zero attached hydrogens (tertiary/aromatic N) is 5. The predicted molar refractivity (Wildman–Crippen MR) is 113 cm³/mol. The third-order valence-electron chi connectivity index (χ3n) is 5.37. The van der Waals surface area contributed by atoms with Crippen LogP contribution >= 0.6 is 0 Å². The summed E-state index contributed by atoms with van der Waals surface area (Å²) in [5, 5.41) is 21.5. The normalized spacial score (nSPS) is 20.7. The Balaban J connectivity index is 1.67. The molecule has 0 aliphatic carbocycles. The third-order valence-corrected chi connectivity index (χ3v) is 5.37. The number of β-amino-alcohol motifs (C(OH)–C–C–N with tert-alkyl or cyclic N) is 1. The number of nitrogens with one attached hydrogen (secondary N) is 1. The predicted octanol–water partition coefficient (Wildman–Crippen LogP) is 2.74. The van der Waals surface area contributed by atoms with Gasteiger partial charge < -0.3 is 15.3 Å². The molecule has 158 valence electrons. The summed E-state index contributed by atoms with van der Waals surface area (Å²) in [6, 6.07) is 7.75. The van der Waals surface area contributed by atoms with Gasteiger partial charge in [0.1, 0.15) is 0 Å². The number of piperazine rings is 1. The lowest BCUT2D eigenvalue weighted by atomic mass is 10.00. The average Bonchev–Trinajstić information content (AvgIpc) is 3.21. The number of hydrogen-bond acceptors (Lipinski definition) is 5. The van der Waals surface area contributed by atoms with Crippen LogP contribution in [0.4, 0.5) is 10.5 Å². The summed E-state index contributed by atoms with van der Waals surface area (Å²) in [6.07, 6.45) is 5.06. The fourth-order valence-electron chi connectivity index (χ4n) is 3.91. The van der Waals surface area contributed by atoms with E-state index in [4.69, 9.17) is 0 Å². The molecule has 8 nitrogen and oxygen atoms in total. The number of aromatic nitrogens is 3. The number of amides is 2. The molecule has 1 fully saturated rings. The van der Waals surface area contributed by atoms with Crippen LogP contribution in [0, 0.1) is 0 Å². The zero-order valence-electron chi connectivity index (χ0n) is 17.7. The van der Waals surface area contributed by atoms with E-state index in [9.17, 15) is 9.90 Å². The molecular weight excluding hydrogens is 368 g/mol. The summed E-state index contributed by atoms with van der Waals surface area (Å²) in [5.41, 5.74) is 0.833. The van der Waals surface area contributed by atoms with E-state index in [1.165, 1.54) is 4.80 Å². The van der Waals surface area contributed by atoms with E-state index in [1.54, 1.807) is 12.4 Å². The Labute approximate surface area is 172 Å². The van der Waals surface area contributed by atoms with Crippen LogP contribution in [0.3, 0.4) is 0 Å². The van der Waals surface area contributed by atoms with Gasteiger partial charge in [0.25, 0.3) is 0 Å². The highest BCUT2D eigenvalue weighted by molar-refractivity contribution is 5.89. The van der Waals surface area contributed by atoms with Crippen molar-refractivity contribution in [2.45, 2.75) is 58.2 Å². The first-order chi connectivity index (χ1) is 13.8. The summed E-state index contributed by atoms with van der Waals surface area (Å²) in [6.45, 7) is 9.95. The first kappa shape index (κ1) is 21.3. The van der Waals surface area contributed by atoms with Crippen molar-refractivity contribution in [1.82, 2.24) is 24.8 Å². The third kappa shape index (κ3) is 5.33. The molecule has 2 N–H and O–H groups in total. The SMILES string of the molecule is CC[C@H]1CN(C(=O)Nc2ccc(-n3nccn3)cc2)[C@@H](CC)CN1CC(C)(C)O. The van der Waals surface area contributed by atoms with Crippen molar-refractivity contribution in [2.24, 2.45) is 0 Å². The maximum atomic E-state index is 13.0. The van der Waals surface area contributed by atoms with Crippen molar-refractivity contribution >= 4 is 11.7 Å². The van der Waals surface area contributed by atoms with Crippen LogP contribution in [-0.2, 0) is 0 Å². The van der Waals surface area contributed by atoms with Gasteiger partial charge in [-0.25, -0.2) is 4.79 Å². The molecule has 1 aromatic heterocycles. The second-order valence-corrected chi connectivity index (χ2v) is 8.31. The van der Waals surface area contributed by atoms with Gasteiger partial charge in [0, 0.05) is 37.4 Å². The van der Waals surface area contributed by atoms with E-state index in [0.717, 1.165) is 30.8 Å². The maximum Gasteiger partial charge on any atom is 0.322 e. The van der Waals surface area contributed by atoms with Gasteiger partial charge in [0.2, 0.25) is 0 Å². The molecule has 2 heterocycles. The molecule has 3 rings (SSSR count). The minimum atomic E-state index is -0.749. The lowest BCUT2D eigenvalue weighted by Gasteiger charge is -2.47. The van der Waals surface area contributed by atoms with Crippen molar-refractivity contribution in [3.05, 3.63) is 36.7 Å². The highest BCUT2D eigenvalue weighted by Gasteiger charge is 2.36. The second kappa shape index (κ2) is 8.92. The minimum absolute atomic E-state index is 0.0804. The Morgan fingerprint density at radius 1 is 1.10 bits per heavy atom. The zero-order chi connectivity index (χ0) is 21.0. The molecule has 1 aliphatic rings. The van der Waals surface area contributed by atoms with Crippen molar-refractivity contribution in [2.75, 3.05) is 25.0 Å². The number of anilines is 1. The topological polar surface area (TPSA) is 86.5 Å². The van der Waals surface area contributed by atoms with Gasteiger partial charge >= 0.3 is 6.03 Å². The van der Waals surface area contributed by atoms with Gasteiger partial charge in [-0.3, -0.25) is 4.90 Å². The maximum absolute atomic E-state index is 13.0. The lowest BCUT2D eigenvalue weighted by Crippen LogP contribution is -2.62. The molecule has 1 aromatic carbocycles. The quantitative estimate of drug-likeness (QED) is 0.779. The zero-order valence-corrected chi connectivity index (χ0v) is 17.7. The molecule has 0 bridgehead atoms. The number of rotatable bonds is 6. The van der Waals surface area contributed by atoms with Crippen molar-refractivity contribution in [1.29, 1.82) is 0 Å². The lowest BCUT2D eigenvalue weighted by molar-refractivity contribution is -0.0173. The molecule has 0 unspecified atom stereocenters. The highest BCUT2D eigenvalue weighted by Crippen LogP contribution is 2.23. The molecule has 0 radical (unpaired) electrons. The fourth-order valence-corrected chi connectivity index (χ4v) is 3.91. The number of urea groups is 1. The van der Waals surface area contributed by atoms with E-state index in [0.29, 0.717) is 13.1 Å². The number of aliphatic hydroxyl groups is 1. The molecule has 2 atom stereocenters. The Kier molecular flexibility index (Phi) is 6.54. The molecular formula is C21H32N6O2. The number of carbonyl (C=O) groups is 1. The van der Waals surface area contributed by atoms with Gasteiger partial charge in [0.05, 0.1) is 23.7 Å². The largest absolute Gasteiger partial charge is 0.389 e. The van der Waals surface area contributed by atoms with Crippen molar-refractivity contribution < 1.29 is 9.90 Å². The van der Waals surface area contributed by atoms with Crippen LogP contribution < -0.4 is 5.32 Å². The smallest absolute Gasteiger partial charge is 0.322 e. The van der Waals surface area contributed by atoms with Crippen LogP contribution in [0.25, 0.3) is 5.69 Å². The summed E-state index contributed by atoms with van der Waals surface area (Å²) >= 11 is 0. The van der Waals surface area contributed by atoms with Gasteiger partial charge in [-0.05, 0) is 51.0 Å². The Bertz CT molecular complexity index is 785. The first-order valence-corrected chi connectivity index (χ1v) is 10.3. The Morgan fingerprint density at radius 3 is 2.28 bits per heavy atom. The van der Waals surface area contributed by atoms with E-state index < -0.39 is 5.60 Å².